The zero-order valence-corrected chi connectivity index (χ0v) is 12.9. The van der Waals surface area contributed by atoms with Gasteiger partial charge in [-0.15, -0.1) is 0 Å². The first-order chi connectivity index (χ1) is 11.0. The molecule has 0 bridgehead atoms. The number of carbonyl (C=O) groups is 2. The predicted octanol–water partition coefficient (Wildman–Crippen LogP) is 0.822. The SMILES string of the molecule is COc1ccc(NC(=O)C(=O)NCC(O)c2cccn2C)cc1. The number of aliphatic hydroxyl groups is 1. The molecule has 2 rings (SSSR count). The van der Waals surface area contributed by atoms with E-state index in [2.05, 4.69) is 10.6 Å². The van der Waals surface area contributed by atoms with E-state index in [0.717, 1.165) is 0 Å². The largest absolute Gasteiger partial charge is 0.497 e. The van der Waals surface area contributed by atoms with Gasteiger partial charge < -0.3 is 25.0 Å². The number of nitrogens with one attached hydrogen (secondary N) is 2. The third kappa shape index (κ3) is 4.33. The first kappa shape index (κ1) is 16.6. The summed E-state index contributed by atoms with van der Waals surface area (Å²) in [6.45, 7) is -0.0489. The van der Waals surface area contributed by atoms with Crippen molar-refractivity contribution in [2.45, 2.75) is 6.10 Å². The molecule has 2 amide bonds. The van der Waals surface area contributed by atoms with Crippen LogP contribution in [-0.2, 0) is 16.6 Å². The summed E-state index contributed by atoms with van der Waals surface area (Å²) in [5, 5.41) is 14.9. The van der Waals surface area contributed by atoms with Crippen LogP contribution in [0.3, 0.4) is 0 Å². The molecule has 1 atom stereocenters. The van der Waals surface area contributed by atoms with Gasteiger partial charge in [0.25, 0.3) is 0 Å². The minimum atomic E-state index is -0.882. The maximum absolute atomic E-state index is 11.8. The van der Waals surface area contributed by atoms with Crippen LogP contribution in [0.2, 0.25) is 0 Å². The molecule has 1 aromatic heterocycles. The molecular weight excluding hydrogens is 298 g/mol. The van der Waals surface area contributed by atoms with Crippen molar-refractivity contribution in [3.05, 3.63) is 48.3 Å². The zero-order chi connectivity index (χ0) is 16.8. The molecule has 0 aliphatic carbocycles. The summed E-state index contributed by atoms with van der Waals surface area (Å²) in [6, 6.07) is 10.1. The highest BCUT2D eigenvalue weighted by molar-refractivity contribution is 6.39. The topological polar surface area (TPSA) is 92.6 Å². The van der Waals surface area contributed by atoms with Gasteiger partial charge in [-0.2, -0.15) is 0 Å². The van der Waals surface area contributed by atoms with Crippen LogP contribution >= 0.6 is 0 Å². The Morgan fingerprint density at radius 2 is 1.91 bits per heavy atom. The van der Waals surface area contributed by atoms with Gasteiger partial charge in [-0.25, -0.2) is 0 Å². The van der Waals surface area contributed by atoms with Crippen molar-refractivity contribution in [3.63, 3.8) is 0 Å². The van der Waals surface area contributed by atoms with Crippen molar-refractivity contribution in [1.82, 2.24) is 9.88 Å². The van der Waals surface area contributed by atoms with E-state index in [9.17, 15) is 14.7 Å². The highest BCUT2D eigenvalue weighted by atomic mass is 16.5. The van der Waals surface area contributed by atoms with Crippen LogP contribution in [0.25, 0.3) is 0 Å². The van der Waals surface area contributed by atoms with Gasteiger partial charge in [0.05, 0.1) is 7.11 Å². The number of aryl methyl sites for hydroxylation is 1. The number of ether oxygens (including phenoxy) is 1. The van der Waals surface area contributed by atoms with Gasteiger partial charge in [0.2, 0.25) is 0 Å². The molecule has 7 heteroatoms. The molecule has 0 saturated carbocycles. The number of rotatable bonds is 5. The average Bonchev–Trinajstić information content (AvgIpc) is 2.99. The van der Waals surface area contributed by atoms with Crippen molar-refractivity contribution in [2.75, 3.05) is 19.0 Å². The second-order valence-corrected chi connectivity index (χ2v) is 4.95. The number of hydrogen-bond donors (Lipinski definition) is 3. The maximum atomic E-state index is 11.8. The molecule has 7 nitrogen and oxygen atoms in total. The number of methoxy groups -OCH3 is 1. The number of aliphatic hydroxyl groups excluding tert-OH is 1. The Hall–Kier alpha value is -2.80. The van der Waals surface area contributed by atoms with Gasteiger partial charge in [-0.1, -0.05) is 0 Å². The molecule has 1 heterocycles. The van der Waals surface area contributed by atoms with Crippen molar-refractivity contribution in [2.24, 2.45) is 7.05 Å². The quantitative estimate of drug-likeness (QED) is 0.712. The van der Waals surface area contributed by atoms with Gasteiger partial charge in [-0.3, -0.25) is 9.59 Å². The molecule has 1 aromatic carbocycles. The number of carbonyl (C=O) groups excluding carboxylic acids is 2. The van der Waals surface area contributed by atoms with E-state index in [-0.39, 0.29) is 6.54 Å². The molecule has 2 aromatic rings. The first-order valence-corrected chi connectivity index (χ1v) is 7.04. The lowest BCUT2D eigenvalue weighted by atomic mass is 10.2. The second kappa shape index (κ2) is 7.46. The highest BCUT2D eigenvalue weighted by Gasteiger charge is 2.17. The number of benzene rings is 1. The van der Waals surface area contributed by atoms with Crippen LogP contribution < -0.4 is 15.4 Å². The summed E-state index contributed by atoms with van der Waals surface area (Å²) in [7, 11) is 3.33. The van der Waals surface area contributed by atoms with E-state index in [1.54, 1.807) is 61.3 Å². The van der Waals surface area contributed by atoms with Gasteiger partial charge in [0, 0.05) is 31.2 Å². The van der Waals surface area contributed by atoms with E-state index in [1.807, 2.05) is 0 Å². The van der Waals surface area contributed by atoms with Crippen LogP contribution in [0.5, 0.6) is 5.75 Å². The molecule has 3 N–H and O–H groups in total. The minimum Gasteiger partial charge on any atom is -0.497 e. The third-order valence-corrected chi connectivity index (χ3v) is 3.34. The Morgan fingerprint density at radius 1 is 1.22 bits per heavy atom. The molecule has 23 heavy (non-hydrogen) atoms. The first-order valence-electron chi connectivity index (χ1n) is 7.04. The summed E-state index contributed by atoms with van der Waals surface area (Å²) in [4.78, 5) is 23.6. The van der Waals surface area contributed by atoms with Gasteiger partial charge >= 0.3 is 11.8 Å². The summed E-state index contributed by atoms with van der Waals surface area (Å²) in [5.74, 6) is -0.957. The summed E-state index contributed by atoms with van der Waals surface area (Å²) in [5.41, 5.74) is 1.13. The Bertz CT molecular complexity index is 679. The third-order valence-electron chi connectivity index (χ3n) is 3.34. The van der Waals surface area contributed by atoms with Gasteiger partial charge in [-0.05, 0) is 36.4 Å². The molecule has 0 spiro atoms. The lowest BCUT2D eigenvalue weighted by molar-refractivity contribution is -0.136. The molecule has 0 fully saturated rings. The fourth-order valence-corrected chi connectivity index (χ4v) is 2.06. The minimum absolute atomic E-state index is 0.0489. The van der Waals surface area contributed by atoms with Gasteiger partial charge in [0.15, 0.2) is 0 Å². The van der Waals surface area contributed by atoms with Crippen LogP contribution in [0.4, 0.5) is 5.69 Å². The molecule has 0 aliphatic rings. The molecule has 0 saturated heterocycles. The molecular formula is C16H19N3O4. The highest BCUT2D eigenvalue weighted by Crippen LogP contribution is 2.15. The normalized spacial score (nSPS) is 11.6. The van der Waals surface area contributed by atoms with E-state index in [4.69, 9.17) is 4.74 Å². The van der Waals surface area contributed by atoms with Gasteiger partial charge in [0.1, 0.15) is 11.9 Å². The average molecular weight is 317 g/mol. The molecule has 122 valence electrons. The Balaban J connectivity index is 1.85. The van der Waals surface area contributed by atoms with Crippen molar-refractivity contribution < 1.29 is 19.4 Å². The van der Waals surface area contributed by atoms with E-state index < -0.39 is 17.9 Å². The summed E-state index contributed by atoms with van der Waals surface area (Å²) < 4.78 is 6.75. The van der Waals surface area contributed by atoms with E-state index in [1.165, 1.54) is 0 Å². The maximum Gasteiger partial charge on any atom is 0.313 e. The lowest BCUT2D eigenvalue weighted by Gasteiger charge is -2.13. The molecule has 0 radical (unpaired) electrons. The van der Waals surface area contributed by atoms with Crippen LogP contribution in [0, 0.1) is 0 Å². The smallest absolute Gasteiger partial charge is 0.313 e. The lowest BCUT2D eigenvalue weighted by Crippen LogP contribution is -2.37. The summed E-state index contributed by atoms with van der Waals surface area (Å²) in [6.07, 6.45) is 0.907. The number of amides is 2. The number of nitrogens with zero attached hydrogens (tertiary/aromatic N) is 1. The van der Waals surface area contributed by atoms with Crippen molar-refractivity contribution in [1.29, 1.82) is 0 Å². The van der Waals surface area contributed by atoms with Crippen molar-refractivity contribution >= 4 is 17.5 Å². The number of hydrogen-bond acceptors (Lipinski definition) is 4. The van der Waals surface area contributed by atoms with E-state index >= 15 is 0 Å². The Morgan fingerprint density at radius 3 is 2.48 bits per heavy atom. The Labute approximate surface area is 133 Å². The fraction of sp³-hybridized carbons (Fsp3) is 0.250. The van der Waals surface area contributed by atoms with E-state index in [0.29, 0.717) is 17.1 Å². The van der Waals surface area contributed by atoms with Crippen LogP contribution in [0.15, 0.2) is 42.6 Å². The monoisotopic (exact) mass is 317 g/mol. The molecule has 1 unspecified atom stereocenters. The fourth-order valence-electron chi connectivity index (χ4n) is 2.06. The number of aromatic nitrogens is 1. The Kier molecular flexibility index (Phi) is 5.37. The van der Waals surface area contributed by atoms with Crippen LogP contribution in [-0.4, -0.2) is 35.1 Å². The second-order valence-electron chi connectivity index (χ2n) is 4.95. The standard InChI is InChI=1S/C16H19N3O4/c1-19-9-3-4-13(19)14(20)10-17-15(21)16(22)18-11-5-7-12(23-2)8-6-11/h3-9,14,20H,10H2,1-2H3,(H,17,21)(H,18,22). The predicted molar refractivity (Wildman–Crippen MR) is 85.0 cm³/mol. The van der Waals surface area contributed by atoms with Crippen LogP contribution in [0.1, 0.15) is 11.8 Å². The zero-order valence-electron chi connectivity index (χ0n) is 12.9. The molecule has 0 aliphatic heterocycles. The summed E-state index contributed by atoms with van der Waals surface area (Å²) >= 11 is 0. The van der Waals surface area contributed by atoms with Crippen molar-refractivity contribution in [3.8, 4) is 5.75 Å². The number of anilines is 1.